The van der Waals surface area contributed by atoms with Crippen LogP contribution in [0.2, 0.25) is 5.02 Å². The summed E-state index contributed by atoms with van der Waals surface area (Å²) in [5, 5.41) is 15.3. The number of carbonyl (C=O) groups is 1. The smallest absolute Gasteiger partial charge is 0.321 e. The maximum absolute atomic E-state index is 11.3. The van der Waals surface area contributed by atoms with E-state index in [-0.39, 0.29) is 5.37 Å². The second-order valence-electron chi connectivity index (χ2n) is 6.38. The lowest BCUT2D eigenvalue weighted by molar-refractivity contribution is -0.138. The zero-order valence-corrected chi connectivity index (χ0v) is 16.0. The Kier molecular flexibility index (Phi) is 5.25. The van der Waals surface area contributed by atoms with Crippen LogP contribution in [0.5, 0.6) is 5.75 Å². The van der Waals surface area contributed by atoms with Crippen molar-refractivity contribution in [2.45, 2.75) is 18.0 Å². The Morgan fingerprint density at radius 1 is 1.15 bits per heavy atom. The molecule has 0 bridgehead atoms. The van der Waals surface area contributed by atoms with E-state index in [9.17, 15) is 9.90 Å². The van der Waals surface area contributed by atoms with Crippen molar-refractivity contribution in [1.29, 1.82) is 0 Å². The average molecular weight is 400 g/mol. The van der Waals surface area contributed by atoms with Gasteiger partial charge in [0.2, 0.25) is 0 Å². The molecule has 138 valence electrons. The van der Waals surface area contributed by atoms with Gasteiger partial charge in [-0.2, -0.15) is 0 Å². The van der Waals surface area contributed by atoms with E-state index in [4.69, 9.17) is 16.3 Å². The van der Waals surface area contributed by atoms with E-state index in [1.165, 1.54) is 0 Å². The highest BCUT2D eigenvalue weighted by atomic mass is 35.5. The zero-order chi connectivity index (χ0) is 18.8. The fourth-order valence-electron chi connectivity index (χ4n) is 3.19. The lowest BCUT2D eigenvalue weighted by atomic mass is 10.0. The normalized spacial score (nSPS) is 19.3. The molecular formula is C21H18ClNO3S. The van der Waals surface area contributed by atoms with E-state index < -0.39 is 12.0 Å². The van der Waals surface area contributed by atoms with Gasteiger partial charge in [0.05, 0.1) is 5.37 Å². The minimum Gasteiger partial charge on any atom is -0.489 e. The molecule has 0 saturated carbocycles. The van der Waals surface area contributed by atoms with Gasteiger partial charge in [-0.3, -0.25) is 10.1 Å². The number of benzene rings is 3. The van der Waals surface area contributed by atoms with Gasteiger partial charge in [0, 0.05) is 16.3 Å². The van der Waals surface area contributed by atoms with E-state index >= 15 is 0 Å². The summed E-state index contributed by atoms with van der Waals surface area (Å²) in [7, 11) is 0. The van der Waals surface area contributed by atoms with Gasteiger partial charge >= 0.3 is 5.97 Å². The van der Waals surface area contributed by atoms with Gasteiger partial charge < -0.3 is 9.84 Å². The summed E-state index contributed by atoms with van der Waals surface area (Å²) >= 11 is 7.54. The van der Waals surface area contributed by atoms with Crippen LogP contribution in [0.15, 0.2) is 60.7 Å². The van der Waals surface area contributed by atoms with Crippen molar-refractivity contribution in [2.75, 3.05) is 5.75 Å². The van der Waals surface area contributed by atoms with Crippen molar-refractivity contribution in [3.8, 4) is 5.75 Å². The first-order valence-electron chi connectivity index (χ1n) is 8.61. The summed E-state index contributed by atoms with van der Waals surface area (Å²) in [5.41, 5.74) is 2.02. The zero-order valence-electron chi connectivity index (χ0n) is 14.4. The Morgan fingerprint density at radius 2 is 1.93 bits per heavy atom. The number of carboxylic acid groups (broad SMARTS) is 1. The fraction of sp³-hybridized carbons (Fsp3) is 0.190. The van der Waals surface area contributed by atoms with Crippen LogP contribution in [0.25, 0.3) is 10.8 Å². The van der Waals surface area contributed by atoms with Crippen molar-refractivity contribution in [2.24, 2.45) is 0 Å². The van der Waals surface area contributed by atoms with Gasteiger partial charge in [0.1, 0.15) is 18.4 Å². The van der Waals surface area contributed by atoms with Gasteiger partial charge in [-0.25, -0.2) is 0 Å². The number of ether oxygens (including phenoxy) is 1. The Labute approximate surface area is 166 Å². The van der Waals surface area contributed by atoms with Crippen molar-refractivity contribution in [3.63, 3.8) is 0 Å². The van der Waals surface area contributed by atoms with Crippen molar-refractivity contribution < 1.29 is 14.6 Å². The highest BCUT2D eigenvalue weighted by Gasteiger charge is 2.33. The van der Waals surface area contributed by atoms with Crippen LogP contribution in [-0.4, -0.2) is 22.9 Å². The fourth-order valence-corrected chi connectivity index (χ4v) is 4.61. The Morgan fingerprint density at radius 3 is 2.67 bits per heavy atom. The van der Waals surface area contributed by atoms with E-state index in [0.29, 0.717) is 17.4 Å². The Balaban J connectivity index is 1.67. The third-order valence-corrected chi connectivity index (χ3v) is 6.06. The molecule has 1 heterocycles. The summed E-state index contributed by atoms with van der Waals surface area (Å²) in [5.74, 6) is 0.466. The molecule has 4 rings (SSSR count). The molecule has 6 heteroatoms. The summed E-state index contributed by atoms with van der Waals surface area (Å²) in [6, 6.07) is 19.1. The molecule has 1 aliphatic rings. The van der Waals surface area contributed by atoms with Crippen LogP contribution < -0.4 is 10.1 Å². The summed E-state index contributed by atoms with van der Waals surface area (Å²) in [6.07, 6.45) is 0. The first kappa shape index (κ1) is 18.2. The number of aliphatic carboxylic acids is 1. The molecule has 3 aromatic rings. The number of rotatable bonds is 5. The average Bonchev–Trinajstić information content (AvgIpc) is 3.17. The number of hydrogen-bond donors (Lipinski definition) is 2. The molecule has 2 N–H and O–H groups in total. The van der Waals surface area contributed by atoms with Gasteiger partial charge in [-0.05, 0) is 34.5 Å². The monoisotopic (exact) mass is 399 g/mol. The molecule has 0 aliphatic carbocycles. The second kappa shape index (κ2) is 7.80. The highest BCUT2D eigenvalue weighted by molar-refractivity contribution is 7.99. The Bertz CT molecular complexity index is 977. The summed E-state index contributed by atoms with van der Waals surface area (Å²) < 4.78 is 6.14. The predicted octanol–water partition coefficient (Wildman–Crippen LogP) is 4.86. The predicted molar refractivity (Wildman–Crippen MR) is 109 cm³/mol. The topological polar surface area (TPSA) is 58.6 Å². The molecule has 1 fully saturated rings. The molecule has 1 aliphatic heterocycles. The molecule has 0 amide bonds. The van der Waals surface area contributed by atoms with E-state index in [0.717, 1.165) is 27.6 Å². The summed E-state index contributed by atoms with van der Waals surface area (Å²) in [4.78, 5) is 11.3. The molecule has 1 saturated heterocycles. The lowest BCUT2D eigenvalue weighted by Crippen LogP contribution is -2.33. The van der Waals surface area contributed by atoms with Crippen LogP contribution in [0.3, 0.4) is 0 Å². The van der Waals surface area contributed by atoms with Crippen LogP contribution in [0.4, 0.5) is 0 Å². The quantitative estimate of drug-likeness (QED) is 0.641. The molecule has 0 radical (unpaired) electrons. The maximum Gasteiger partial charge on any atom is 0.321 e. The van der Waals surface area contributed by atoms with Crippen LogP contribution in [-0.2, 0) is 11.4 Å². The minimum atomic E-state index is -0.825. The van der Waals surface area contributed by atoms with Crippen molar-refractivity contribution in [1.82, 2.24) is 5.32 Å². The molecular weight excluding hydrogens is 382 g/mol. The van der Waals surface area contributed by atoms with E-state index in [1.54, 1.807) is 11.8 Å². The molecule has 27 heavy (non-hydrogen) atoms. The Hall–Kier alpha value is -2.21. The van der Waals surface area contributed by atoms with Crippen LogP contribution in [0.1, 0.15) is 16.5 Å². The first-order chi connectivity index (χ1) is 13.1. The molecule has 2 atom stereocenters. The summed E-state index contributed by atoms with van der Waals surface area (Å²) in [6.45, 7) is 0.419. The number of fused-ring (bicyclic) bond motifs is 1. The van der Waals surface area contributed by atoms with Crippen molar-refractivity contribution >= 4 is 40.1 Å². The number of thioether (sulfide) groups is 1. The molecule has 3 aromatic carbocycles. The third kappa shape index (κ3) is 3.90. The van der Waals surface area contributed by atoms with Gasteiger partial charge in [0.15, 0.2) is 0 Å². The molecule has 4 nitrogen and oxygen atoms in total. The standard InChI is InChI=1S/C21H18ClNO3S/c22-15-8-5-13(6-9-15)11-26-18-10-7-14-3-1-2-4-16(14)19(18)20-23-17(12-27-20)21(24)25/h1-10,17,20,23H,11-12H2,(H,24,25)/t17-,20+/m1/s1. The third-order valence-electron chi connectivity index (χ3n) is 4.58. The van der Waals surface area contributed by atoms with E-state index in [1.807, 2.05) is 48.5 Å². The number of carboxylic acids is 1. The van der Waals surface area contributed by atoms with Gasteiger partial charge in [-0.15, -0.1) is 11.8 Å². The largest absolute Gasteiger partial charge is 0.489 e. The SMILES string of the molecule is O=C(O)[C@H]1CS[C@@H](c2c(OCc3ccc(Cl)cc3)ccc3ccccc23)N1. The molecule has 0 aromatic heterocycles. The maximum atomic E-state index is 11.3. The van der Waals surface area contributed by atoms with E-state index in [2.05, 4.69) is 17.4 Å². The van der Waals surface area contributed by atoms with Gasteiger partial charge in [0.25, 0.3) is 0 Å². The number of hydrogen-bond acceptors (Lipinski definition) is 4. The van der Waals surface area contributed by atoms with Crippen LogP contribution in [0, 0.1) is 0 Å². The highest BCUT2D eigenvalue weighted by Crippen LogP contribution is 2.42. The second-order valence-corrected chi connectivity index (χ2v) is 7.96. The minimum absolute atomic E-state index is 0.127. The number of halogens is 1. The van der Waals surface area contributed by atoms with Crippen molar-refractivity contribution in [3.05, 3.63) is 76.8 Å². The van der Waals surface area contributed by atoms with Gasteiger partial charge in [-0.1, -0.05) is 54.1 Å². The molecule has 0 unspecified atom stereocenters. The number of nitrogens with one attached hydrogen (secondary N) is 1. The van der Waals surface area contributed by atoms with Crippen LogP contribution >= 0.6 is 23.4 Å². The molecule has 0 spiro atoms. The first-order valence-corrected chi connectivity index (χ1v) is 10.0. The lowest BCUT2D eigenvalue weighted by Gasteiger charge is -2.19.